The van der Waals surface area contributed by atoms with E-state index in [1.54, 1.807) is 24.8 Å². The Bertz CT molecular complexity index is 1120. The summed E-state index contributed by atoms with van der Waals surface area (Å²) in [4.78, 5) is 25.3. The molecule has 1 aromatic rings. The molecule has 7 nitrogen and oxygen atoms in total. The third-order valence-electron chi connectivity index (χ3n) is 10.4. The summed E-state index contributed by atoms with van der Waals surface area (Å²) in [5.74, 6) is -0.413. The van der Waals surface area contributed by atoms with Crippen LogP contribution < -0.4 is 10.2 Å². The molecule has 3 aliphatic rings. The molecule has 0 spiro atoms. The number of thioether (sulfide) groups is 1. The number of aliphatic hydroxyl groups excluding tert-OH is 1. The Morgan fingerprint density at radius 1 is 1.27 bits per heavy atom. The quantitative estimate of drug-likeness (QED) is 0.331. The van der Waals surface area contributed by atoms with E-state index >= 15 is 0 Å². The van der Waals surface area contributed by atoms with Crippen molar-refractivity contribution in [1.82, 2.24) is 0 Å². The van der Waals surface area contributed by atoms with E-state index in [2.05, 4.69) is 27.7 Å². The Hall–Kier alpha value is -1.62. The van der Waals surface area contributed by atoms with Crippen molar-refractivity contribution in [2.45, 2.75) is 92.0 Å². The van der Waals surface area contributed by atoms with Crippen LogP contribution in [0.5, 0.6) is 5.75 Å². The molecule has 2 fully saturated rings. The molecule has 2 saturated carbocycles. The first kappa shape index (κ1) is 31.3. The fourth-order valence-electron chi connectivity index (χ4n) is 7.61. The van der Waals surface area contributed by atoms with Crippen molar-refractivity contribution in [1.29, 1.82) is 0 Å². The summed E-state index contributed by atoms with van der Waals surface area (Å²) in [7, 11) is -1.36. The van der Waals surface area contributed by atoms with Crippen LogP contribution in [-0.2, 0) is 25.6 Å². The van der Waals surface area contributed by atoms with E-state index in [0.29, 0.717) is 30.6 Å². The third kappa shape index (κ3) is 5.83. The summed E-state index contributed by atoms with van der Waals surface area (Å²) in [5.41, 5.74) is -0.564. The minimum Gasteiger partial charge on any atom is -0.479 e. The van der Waals surface area contributed by atoms with Gasteiger partial charge in [0.25, 0.3) is 0 Å². The minimum absolute atomic E-state index is 0.0158. The monoisotopic (exact) mass is 578 g/mol. The largest absolute Gasteiger partial charge is 0.494 e. The molecule has 0 aromatic heterocycles. The van der Waals surface area contributed by atoms with Crippen molar-refractivity contribution >= 4 is 36.1 Å². The van der Waals surface area contributed by atoms with Crippen molar-refractivity contribution in [3.05, 3.63) is 23.5 Å². The number of carbonyl (C=O) groups excluding carboxylic acids is 2. The summed E-state index contributed by atoms with van der Waals surface area (Å²) in [5, 5.41) is 21.8. The summed E-state index contributed by atoms with van der Waals surface area (Å²) < 4.78 is 31.8. The third-order valence-corrected chi connectivity index (χ3v) is 11.4. The topological polar surface area (TPSA) is 102 Å². The maximum atomic E-state index is 15.0. The zero-order valence-corrected chi connectivity index (χ0v) is 25.4. The summed E-state index contributed by atoms with van der Waals surface area (Å²) in [6, 6.07) is 3.05. The molecule has 4 rings (SSSR count). The number of fused-ring (bicyclic) bond motifs is 3. The molecule has 10 heteroatoms. The average molecular weight is 579 g/mol. The number of rotatable bonds is 9. The molecule has 222 valence electrons. The number of aliphatic hydroxyl groups is 1. The molecule has 7 atom stereocenters. The van der Waals surface area contributed by atoms with Crippen LogP contribution in [0.25, 0.3) is 0 Å². The summed E-state index contributed by atoms with van der Waals surface area (Å²) >= 11 is 1.66. The van der Waals surface area contributed by atoms with Gasteiger partial charge >= 0.3 is 13.1 Å². The van der Waals surface area contributed by atoms with E-state index in [1.165, 1.54) is 6.07 Å². The van der Waals surface area contributed by atoms with Crippen LogP contribution in [0.1, 0.15) is 78.7 Å². The zero-order valence-electron chi connectivity index (χ0n) is 24.6. The molecule has 2 aliphatic carbocycles. The fraction of sp³-hybridized carbons (Fsp3) is 0.733. The number of ketones is 1. The van der Waals surface area contributed by atoms with Crippen LogP contribution in [0, 0.1) is 33.9 Å². The number of ether oxygens (including phenoxy) is 2. The molecule has 0 radical (unpaired) electrons. The Kier molecular flexibility index (Phi) is 9.35. The minimum atomic E-state index is -1.36. The van der Waals surface area contributed by atoms with Crippen LogP contribution in [0.4, 0.5) is 4.39 Å². The van der Waals surface area contributed by atoms with Gasteiger partial charge in [-0.15, -0.1) is 0 Å². The number of hydrogen-bond acceptors (Lipinski definition) is 8. The lowest BCUT2D eigenvalue weighted by atomic mass is 9.47. The van der Waals surface area contributed by atoms with Gasteiger partial charge in [0, 0.05) is 28.5 Å². The molecule has 0 amide bonds. The second kappa shape index (κ2) is 11.9. The predicted molar refractivity (Wildman–Crippen MR) is 154 cm³/mol. The Labute approximate surface area is 242 Å². The highest BCUT2D eigenvalue weighted by atomic mass is 32.2. The van der Waals surface area contributed by atoms with Crippen LogP contribution in [-0.4, -0.2) is 59.8 Å². The highest BCUT2D eigenvalue weighted by Crippen LogP contribution is 2.62. The first-order chi connectivity index (χ1) is 18.8. The standard InChI is InChI=1S/C30H44BFO7S/c1-18-9-11-30(12-10-19(2)33)16-29(18,5)23(13-28(4,17-40-6)27(35)20(30)3)39-24(34)15-37-22-8-7-21-14-38-31(36)25(21)26(22)32/h7-8,18,20,23,27,35-36H,9-17H2,1-6H3/t18-,20+,23-,27+,28+,29+,30-/m1/s1. The van der Waals surface area contributed by atoms with E-state index in [4.69, 9.17) is 14.1 Å². The van der Waals surface area contributed by atoms with Gasteiger partial charge in [-0.25, -0.2) is 9.18 Å². The van der Waals surface area contributed by atoms with E-state index in [9.17, 15) is 24.1 Å². The number of benzene rings is 1. The second-order valence-electron chi connectivity index (χ2n) is 13.1. The second-order valence-corrected chi connectivity index (χ2v) is 14.0. The molecule has 1 aliphatic heterocycles. The van der Waals surface area contributed by atoms with Crippen molar-refractivity contribution < 1.29 is 38.2 Å². The van der Waals surface area contributed by atoms with Gasteiger partial charge in [-0.3, -0.25) is 0 Å². The Morgan fingerprint density at radius 2 is 2.00 bits per heavy atom. The van der Waals surface area contributed by atoms with Crippen molar-refractivity contribution in [3.63, 3.8) is 0 Å². The van der Waals surface area contributed by atoms with Crippen LogP contribution in [0.2, 0.25) is 0 Å². The number of carbonyl (C=O) groups is 2. The van der Waals surface area contributed by atoms with E-state index < -0.39 is 43.1 Å². The first-order valence-corrected chi connectivity index (χ1v) is 15.8. The normalized spacial score (nSPS) is 35.5. The average Bonchev–Trinajstić information content (AvgIpc) is 3.28. The smallest absolute Gasteiger partial charge is 0.479 e. The van der Waals surface area contributed by atoms with Gasteiger partial charge in [0.2, 0.25) is 0 Å². The SMILES string of the molecule is CSC[C@]1(C)C[C@@H](OC(=O)COc2ccc3c(c2F)B(O)OC3)[C@@]2(C)C[C@](CCC(C)=O)(CC[C@H]2C)[C@@H](C)[C@@H]1O. The van der Waals surface area contributed by atoms with E-state index in [1.807, 2.05) is 6.26 Å². The highest BCUT2D eigenvalue weighted by Gasteiger charge is 2.59. The maximum absolute atomic E-state index is 15.0. The Morgan fingerprint density at radius 3 is 2.67 bits per heavy atom. The van der Waals surface area contributed by atoms with Gasteiger partial charge < -0.3 is 29.1 Å². The zero-order chi connectivity index (χ0) is 29.5. The van der Waals surface area contributed by atoms with Crippen molar-refractivity contribution in [2.24, 2.45) is 28.1 Å². The predicted octanol–water partition coefficient (Wildman–Crippen LogP) is 4.29. The number of Topliss-reactive ketones (excluding diaryl/α,β-unsaturated/α-hetero) is 1. The van der Waals surface area contributed by atoms with Gasteiger partial charge in [0.15, 0.2) is 18.2 Å². The van der Waals surface area contributed by atoms with E-state index in [-0.39, 0.29) is 46.3 Å². The highest BCUT2D eigenvalue weighted by molar-refractivity contribution is 7.98. The van der Waals surface area contributed by atoms with Gasteiger partial charge in [0.1, 0.15) is 11.9 Å². The van der Waals surface area contributed by atoms with Crippen LogP contribution in [0.3, 0.4) is 0 Å². The lowest BCUT2D eigenvalue weighted by Gasteiger charge is -2.60. The maximum Gasteiger partial charge on any atom is 0.494 e. The molecule has 0 unspecified atom stereocenters. The lowest BCUT2D eigenvalue weighted by molar-refractivity contribution is -0.193. The summed E-state index contributed by atoms with van der Waals surface area (Å²) in [6.45, 7) is 9.84. The number of esters is 1. The molecule has 0 saturated heterocycles. The number of halogens is 1. The molecular weight excluding hydrogens is 534 g/mol. The van der Waals surface area contributed by atoms with E-state index in [0.717, 1.165) is 19.3 Å². The molecule has 2 bridgehead atoms. The molecule has 1 aromatic carbocycles. The van der Waals surface area contributed by atoms with Crippen molar-refractivity contribution in [2.75, 3.05) is 18.6 Å². The number of hydrogen-bond donors (Lipinski definition) is 2. The fourth-order valence-corrected chi connectivity index (χ4v) is 8.55. The molecule has 2 N–H and O–H groups in total. The molecule has 1 heterocycles. The Balaban J connectivity index is 1.60. The van der Waals surface area contributed by atoms with Crippen LogP contribution in [0.15, 0.2) is 12.1 Å². The van der Waals surface area contributed by atoms with Crippen LogP contribution >= 0.6 is 11.8 Å². The van der Waals surface area contributed by atoms with Gasteiger partial charge in [-0.1, -0.05) is 33.8 Å². The van der Waals surface area contributed by atoms with Gasteiger partial charge in [0.05, 0.1) is 12.7 Å². The summed E-state index contributed by atoms with van der Waals surface area (Å²) in [6.07, 6.45) is 5.14. The van der Waals surface area contributed by atoms with Crippen molar-refractivity contribution in [3.8, 4) is 5.75 Å². The molecular formula is C30H44BFO7S. The molecule has 40 heavy (non-hydrogen) atoms. The van der Waals surface area contributed by atoms with Gasteiger partial charge in [-0.2, -0.15) is 11.8 Å². The lowest BCUT2D eigenvalue weighted by Crippen LogP contribution is -2.59. The first-order valence-electron chi connectivity index (χ1n) is 14.4. The van der Waals surface area contributed by atoms with Gasteiger partial charge in [-0.05, 0) is 74.2 Å².